The van der Waals surface area contributed by atoms with Crippen molar-refractivity contribution in [2.75, 3.05) is 44.6 Å². The third-order valence-electron chi connectivity index (χ3n) is 7.05. The molecule has 2 aromatic carbocycles. The number of H-pyrrole nitrogens is 1. The van der Waals surface area contributed by atoms with Crippen LogP contribution in [0.25, 0.3) is 23.1 Å². The number of fused-ring (bicyclic) bond motifs is 1. The number of rotatable bonds is 8. The van der Waals surface area contributed by atoms with Crippen LogP contribution in [0.4, 0.5) is 11.4 Å². The fraction of sp³-hybridized carbons (Fsp3) is 0.267. The Labute approximate surface area is 217 Å². The molecule has 0 aliphatic carbocycles. The van der Waals surface area contributed by atoms with E-state index in [1.807, 2.05) is 24.4 Å². The van der Waals surface area contributed by atoms with Gasteiger partial charge in [-0.1, -0.05) is 36.4 Å². The van der Waals surface area contributed by atoms with Gasteiger partial charge >= 0.3 is 0 Å². The lowest BCUT2D eigenvalue weighted by Crippen LogP contribution is -2.46. The lowest BCUT2D eigenvalue weighted by atomic mass is 10.1. The van der Waals surface area contributed by atoms with Gasteiger partial charge in [0, 0.05) is 80.0 Å². The van der Waals surface area contributed by atoms with Crippen molar-refractivity contribution in [2.24, 2.45) is 0 Å². The standard InChI is InChI=1S/C30H32N6O/c1-22-27-9-10-33-29(27)8-7-28(22)34-30-25(19-32-20-26(30)18-31)6-5-23-3-2-4-24(17-23)21-36-13-11-35(12-14-36)15-16-37/h2-10,17,19-20,33,37H,11-16,21H2,1H3,(H,32,34)/b6-5+. The molecule has 0 spiro atoms. The van der Waals surface area contributed by atoms with Crippen molar-refractivity contribution in [3.8, 4) is 6.07 Å². The number of aryl methyl sites for hydroxylation is 1. The first kappa shape index (κ1) is 24.7. The largest absolute Gasteiger partial charge is 0.395 e. The minimum absolute atomic E-state index is 0.222. The van der Waals surface area contributed by atoms with Gasteiger partial charge in [-0.2, -0.15) is 5.26 Å². The van der Waals surface area contributed by atoms with Gasteiger partial charge in [0.1, 0.15) is 6.07 Å². The Bertz CT molecular complexity index is 1440. The van der Waals surface area contributed by atoms with Crippen molar-refractivity contribution in [2.45, 2.75) is 13.5 Å². The zero-order valence-corrected chi connectivity index (χ0v) is 21.1. The number of hydrogen-bond donors (Lipinski definition) is 3. The molecule has 4 aromatic rings. The van der Waals surface area contributed by atoms with Crippen molar-refractivity contribution in [3.05, 3.63) is 88.9 Å². The van der Waals surface area contributed by atoms with E-state index < -0.39 is 0 Å². The number of aromatic nitrogens is 2. The Kier molecular flexibility index (Phi) is 7.62. The summed E-state index contributed by atoms with van der Waals surface area (Å²) in [4.78, 5) is 12.3. The summed E-state index contributed by atoms with van der Waals surface area (Å²) < 4.78 is 0. The summed E-state index contributed by atoms with van der Waals surface area (Å²) in [5.74, 6) is 0. The van der Waals surface area contributed by atoms with E-state index >= 15 is 0 Å². The summed E-state index contributed by atoms with van der Waals surface area (Å²) in [6.45, 7) is 7.98. The first-order chi connectivity index (χ1) is 18.1. The number of pyridine rings is 1. The summed E-state index contributed by atoms with van der Waals surface area (Å²) in [6, 6.07) is 17.0. The van der Waals surface area contributed by atoms with E-state index in [-0.39, 0.29) is 6.61 Å². The molecule has 5 rings (SSSR count). The van der Waals surface area contributed by atoms with Gasteiger partial charge in [-0.3, -0.25) is 14.8 Å². The molecule has 1 fully saturated rings. The Morgan fingerprint density at radius 3 is 2.73 bits per heavy atom. The molecule has 188 valence electrons. The maximum atomic E-state index is 9.77. The van der Waals surface area contributed by atoms with Crippen LogP contribution >= 0.6 is 0 Å². The molecule has 0 saturated carbocycles. The molecule has 3 heterocycles. The van der Waals surface area contributed by atoms with E-state index in [1.54, 1.807) is 12.4 Å². The topological polar surface area (TPSA) is 91.2 Å². The van der Waals surface area contributed by atoms with Gasteiger partial charge in [0.2, 0.25) is 0 Å². The number of aliphatic hydroxyl groups excluding tert-OH is 1. The average molecular weight is 493 g/mol. The number of nitriles is 1. The Hall–Kier alpha value is -3.96. The molecule has 0 bridgehead atoms. The van der Waals surface area contributed by atoms with E-state index in [0.29, 0.717) is 5.56 Å². The maximum absolute atomic E-state index is 9.77. The van der Waals surface area contributed by atoms with Crippen LogP contribution < -0.4 is 5.32 Å². The normalized spacial score (nSPS) is 14.8. The molecular formula is C30H32N6O. The molecule has 7 nitrogen and oxygen atoms in total. The van der Waals surface area contributed by atoms with Gasteiger partial charge in [-0.05, 0) is 41.8 Å². The highest BCUT2D eigenvalue weighted by Crippen LogP contribution is 2.31. The molecule has 1 aliphatic rings. The molecule has 0 radical (unpaired) electrons. The molecule has 1 saturated heterocycles. The van der Waals surface area contributed by atoms with Crippen LogP contribution in [0.1, 0.15) is 27.8 Å². The van der Waals surface area contributed by atoms with Crippen molar-refractivity contribution < 1.29 is 5.11 Å². The Balaban J connectivity index is 1.34. The summed E-state index contributed by atoms with van der Waals surface area (Å²) in [5.41, 5.74) is 7.67. The highest BCUT2D eigenvalue weighted by atomic mass is 16.3. The number of aromatic amines is 1. The molecule has 0 amide bonds. The fourth-order valence-corrected chi connectivity index (χ4v) is 4.93. The smallest absolute Gasteiger partial charge is 0.103 e. The minimum atomic E-state index is 0.222. The van der Waals surface area contributed by atoms with Gasteiger partial charge in [-0.15, -0.1) is 0 Å². The number of anilines is 2. The van der Waals surface area contributed by atoms with E-state index in [9.17, 15) is 5.26 Å². The van der Waals surface area contributed by atoms with Crippen LogP contribution in [-0.4, -0.2) is 64.2 Å². The molecular weight excluding hydrogens is 460 g/mol. The summed E-state index contributed by atoms with van der Waals surface area (Å²) in [5, 5.41) is 23.6. The zero-order valence-electron chi connectivity index (χ0n) is 21.1. The van der Waals surface area contributed by atoms with Crippen LogP contribution in [0.2, 0.25) is 0 Å². The first-order valence-corrected chi connectivity index (χ1v) is 12.7. The number of aliphatic hydroxyl groups is 1. The minimum Gasteiger partial charge on any atom is -0.395 e. The van der Waals surface area contributed by atoms with Crippen LogP contribution in [0, 0.1) is 18.3 Å². The number of piperazine rings is 1. The molecule has 7 heteroatoms. The highest BCUT2D eigenvalue weighted by molar-refractivity contribution is 5.90. The molecule has 1 aliphatic heterocycles. The summed E-state index contributed by atoms with van der Waals surface area (Å²) in [7, 11) is 0. The van der Waals surface area contributed by atoms with Gasteiger partial charge in [0.05, 0.1) is 17.9 Å². The molecule has 0 unspecified atom stereocenters. The second kappa shape index (κ2) is 11.4. The Morgan fingerprint density at radius 1 is 1.08 bits per heavy atom. The van der Waals surface area contributed by atoms with E-state index in [4.69, 9.17) is 5.11 Å². The predicted molar refractivity (Wildman–Crippen MR) is 149 cm³/mol. The molecule has 3 N–H and O–H groups in total. The first-order valence-electron chi connectivity index (χ1n) is 12.7. The quantitative estimate of drug-likeness (QED) is 0.328. The van der Waals surface area contributed by atoms with Crippen molar-refractivity contribution in [1.82, 2.24) is 19.8 Å². The van der Waals surface area contributed by atoms with Crippen molar-refractivity contribution in [3.63, 3.8) is 0 Å². The highest BCUT2D eigenvalue weighted by Gasteiger charge is 2.16. The van der Waals surface area contributed by atoms with E-state index in [2.05, 4.69) is 74.5 Å². The monoisotopic (exact) mass is 492 g/mol. The molecule has 0 atom stereocenters. The third kappa shape index (κ3) is 5.73. The third-order valence-corrected chi connectivity index (χ3v) is 7.05. The number of β-amino-alcohol motifs (C(OH)–C–C–N with tert-alkyl or cyclic N) is 1. The number of nitrogens with zero attached hydrogens (tertiary/aromatic N) is 4. The van der Waals surface area contributed by atoms with E-state index in [1.165, 1.54) is 5.56 Å². The van der Waals surface area contributed by atoms with Crippen molar-refractivity contribution >= 4 is 34.4 Å². The second-order valence-corrected chi connectivity index (χ2v) is 9.48. The van der Waals surface area contributed by atoms with Gasteiger partial charge in [0.15, 0.2) is 0 Å². The number of nitrogens with one attached hydrogen (secondary N) is 2. The molecule has 2 aromatic heterocycles. The predicted octanol–water partition coefficient (Wildman–Crippen LogP) is 4.77. The van der Waals surface area contributed by atoms with Crippen LogP contribution in [0.15, 0.2) is 61.1 Å². The van der Waals surface area contributed by atoms with Gasteiger partial charge in [-0.25, -0.2) is 0 Å². The second-order valence-electron chi connectivity index (χ2n) is 9.48. The maximum Gasteiger partial charge on any atom is 0.103 e. The summed E-state index contributed by atoms with van der Waals surface area (Å²) in [6.07, 6.45) is 9.43. The van der Waals surface area contributed by atoms with E-state index in [0.717, 1.165) is 78.2 Å². The fourth-order valence-electron chi connectivity index (χ4n) is 4.93. The van der Waals surface area contributed by atoms with Gasteiger partial charge < -0.3 is 15.4 Å². The Morgan fingerprint density at radius 2 is 1.92 bits per heavy atom. The lowest BCUT2D eigenvalue weighted by Gasteiger charge is -2.34. The zero-order chi connectivity index (χ0) is 25.6. The molecule has 37 heavy (non-hydrogen) atoms. The number of benzene rings is 2. The van der Waals surface area contributed by atoms with Crippen LogP contribution in [0.5, 0.6) is 0 Å². The summed E-state index contributed by atoms with van der Waals surface area (Å²) >= 11 is 0. The van der Waals surface area contributed by atoms with Crippen LogP contribution in [-0.2, 0) is 6.54 Å². The van der Waals surface area contributed by atoms with Crippen LogP contribution in [0.3, 0.4) is 0 Å². The van der Waals surface area contributed by atoms with Crippen molar-refractivity contribution in [1.29, 1.82) is 5.26 Å². The SMILES string of the molecule is Cc1c(Nc2c(C#N)cncc2/C=C/c2cccc(CN3CCN(CCO)CC3)c2)ccc2[nH]ccc12. The average Bonchev–Trinajstić information content (AvgIpc) is 3.41. The lowest BCUT2D eigenvalue weighted by molar-refractivity contribution is 0.108. The van der Waals surface area contributed by atoms with Gasteiger partial charge in [0.25, 0.3) is 0 Å². The number of hydrogen-bond acceptors (Lipinski definition) is 6.